The number of nitrogens with zero attached hydrogens (tertiary/aromatic N) is 4. The molecule has 0 aliphatic carbocycles. The number of imidazole rings is 1. The van der Waals surface area contributed by atoms with Crippen molar-refractivity contribution in [2.75, 3.05) is 27.2 Å². The summed E-state index contributed by atoms with van der Waals surface area (Å²) in [6.07, 6.45) is 7.61. The highest BCUT2D eigenvalue weighted by Crippen LogP contribution is 2.17. The van der Waals surface area contributed by atoms with Gasteiger partial charge in [0.1, 0.15) is 0 Å². The summed E-state index contributed by atoms with van der Waals surface area (Å²) < 4.78 is 2.00. The Hall–Kier alpha value is -2.67. The third kappa shape index (κ3) is 4.95. The second-order valence-electron chi connectivity index (χ2n) is 7.11. The molecule has 1 aliphatic heterocycles. The summed E-state index contributed by atoms with van der Waals surface area (Å²) in [7, 11) is 3.43. The standard InChI is InChI=1S/C20H27N5O2/c1-23(2)20(27)14-24-11-9-17(7-8-19(24)26)22-13-16-5-3-4-6-18(16)25-12-10-21-15-25/h3-6,10,12,15,17,22H,7-9,11,13-14H2,1-2H3. The fraction of sp³-hybridized carbons (Fsp3) is 0.450. The summed E-state index contributed by atoms with van der Waals surface area (Å²) in [4.78, 5) is 31.6. The molecule has 1 N–H and O–H groups in total. The third-order valence-electron chi connectivity index (χ3n) is 4.99. The monoisotopic (exact) mass is 369 g/mol. The van der Waals surface area contributed by atoms with Crippen molar-refractivity contribution in [3.63, 3.8) is 0 Å². The van der Waals surface area contributed by atoms with Crippen LogP contribution in [0.5, 0.6) is 0 Å². The van der Waals surface area contributed by atoms with E-state index in [9.17, 15) is 9.59 Å². The molecular weight excluding hydrogens is 342 g/mol. The van der Waals surface area contributed by atoms with E-state index in [0.29, 0.717) is 13.0 Å². The van der Waals surface area contributed by atoms with E-state index in [-0.39, 0.29) is 24.4 Å². The van der Waals surface area contributed by atoms with Crippen molar-refractivity contribution < 1.29 is 9.59 Å². The van der Waals surface area contributed by atoms with Gasteiger partial charge in [-0.1, -0.05) is 18.2 Å². The quantitative estimate of drug-likeness (QED) is 0.836. The highest BCUT2D eigenvalue weighted by atomic mass is 16.2. The van der Waals surface area contributed by atoms with Gasteiger partial charge < -0.3 is 19.7 Å². The van der Waals surface area contributed by atoms with Crippen molar-refractivity contribution in [1.82, 2.24) is 24.7 Å². The van der Waals surface area contributed by atoms with Crippen molar-refractivity contribution in [2.45, 2.75) is 31.8 Å². The molecule has 7 nitrogen and oxygen atoms in total. The first-order chi connectivity index (χ1) is 13.0. The van der Waals surface area contributed by atoms with Gasteiger partial charge in [0, 0.05) is 52.0 Å². The van der Waals surface area contributed by atoms with Crippen LogP contribution >= 0.6 is 0 Å². The lowest BCUT2D eigenvalue weighted by Gasteiger charge is -2.22. The Labute approximate surface area is 160 Å². The van der Waals surface area contributed by atoms with Crippen LogP contribution in [0.15, 0.2) is 43.0 Å². The van der Waals surface area contributed by atoms with Gasteiger partial charge in [-0.05, 0) is 24.5 Å². The minimum absolute atomic E-state index is 0.0379. The van der Waals surface area contributed by atoms with E-state index < -0.39 is 0 Å². The molecule has 1 aliphatic rings. The Balaban J connectivity index is 1.59. The molecule has 3 rings (SSSR count). The van der Waals surface area contributed by atoms with Crippen LogP contribution < -0.4 is 5.32 Å². The van der Waals surface area contributed by atoms with E-state index in [1.807, 2.05) is 22.9 Å². The van der Waals surface area contributed by atoms with E-state index in [1.54, 1.807) is 31.5 Å². The number of rotatable bonds is 6. The number of likely N-dealkylation sites (N-methyl/N-ethyl adjacent to an activating group) is 1. The zero-order chi connectivity index (χ0) is 19.2. The van der Waals surface area contributed by atoms with Gasteiger partial charge in [-0.3, -0.25) is 9.59 Å². The number of hydrogen-bond acceptors (Lipinski definition) is 4. The summed E-state index contributed by atoms with van der Waals surface area (Å²) in [5.74, 6) is 0.0253. The number of hydrogen-bond donors (Lipinski definition) is 1. The molecule has 7 heteroatoms. The molecule has 2 heterocycles. The zero-order valence-corrected chi connectivity index (χ0v) is 16.0. The Bertz CT molecular complexity index is 772. The molecule has 1 aromatic heterocycles. The maximum atomic E-state index is 12.3. The van der Waals surface area contributed by atoms with Crippen LogP contribution in [-0.4, -0.2) is 64.4 Å². The molecule has 1 unspecified atom stereocenters. The summed E-state index contributed by atoms with van der Waals surface area (Å²) in [6, 6.07) is 8.48. The zero-order valence-electron chi connectivity index (χ0n) is 16.0. The van der Waals surface area contributed by atoms with E-state index in [0.717, 1.165) is 25.1 Å². The van der Waals surface area contributed by atoms with Gasteiger partial charge in [0.25, 0.3) is 0 Å². The van der Waals surface area contributed by atoms with Gasteiger partial charge >= 0.3 is 0 Å². The molecule has 1 atom stereocenters. The smallest absolute Gasteiger partial charge is 0.241 e. The largest absolute Gasteiger partial charge is 0.347 e. The number of carbonyl (C=O) groups is 2. The predicted octanol–water partition coefficient (Wildman–Crippen LogP) is 1.43. The summed E-state index contributed by atoms with van der Waals surface area (Å²) in [6.45, 7) is 1.51. The summed E-state index contributed by atoms with van der Waals surface area (Å²) in [5.41, 5.74) is 2.29. The number of para-hydroxylation sites is 1. The molecule has 1 saturated heterocycles. The maximum absolute atomic E-state index is 12.3. The lowest BCUT2D eigenvalue weighted by atomic mass is 10.1. The average Bonchev–Trinajstić information content (AvgIpc) is 3.14. The molecular formula is C20H27N5O2. The molecule has 0 spiro atoms. The maximum Gasteiger partial charge on any atom is 0.241 e. The van der Waals surface area contributed by atoms with Crippen LogP contribution in [0.2, 0.25) is 0 Å². The van der Waals surface area contributed by atoms with Crippen molar-refractivity contribution in [1.29, 1.82) is 0 Å². The fourth-order valence-corrected chi connectivity index (χ4v) is 3.28. The Kier molecular flexibility index (Phi) is 6.24. The first-order valence-corrected chi connectivity index (χ1v) is 9.32. The molecule has 2 aromatic rings. The first-order valence-electron chi connectivity index (χ1n) is 9.32. The predicted molar refractivity (Wildman–Crippen MR) is 103 cm³/mol. The number of aromatic nitrogens is 2. The van der Waals surface area contributed by atoms with Crippen LogP contribution in [0.3, 0.4) is 0 Å². The minimum Gasteiger partial charge on any atom is -0.347 e. The first kappa shape index (κ1) is 19.1. The van der Waals surface area contributed by atoms with E-state index in [2.05, 4.69) is 22.4 Å². The molecule has 27 heavy (non-hydrogen) atoms. The number of benzene rings is 1. The van der Waals surface area contributed by atoms with Crippen LogP contribution in [0.4, 0.5) is 0 Å². The number of nitrogens with one attached hydrogen (secondary N) is 1. The van der Waals surface area contributed by atoms with Gasteiger partial charge in [-0.2, -0.15) is 0 Å². The van der Waals surface area contributed by atoms with E-state index >= 15 is 0 Å². The minimum atomic E-state index is -0.0379. The van der Waals surface area contributed by atoms with Crippen LogP contribution in [0, 0.1) is 0 Å². The van der Waals surface area contributed by atoms with Gasteiger partial charge in [-0.25, -0.2) is 4.98 Å². The van der Waals surface area contributed by atoms with Crippen molar-refractivity contribution >= 4 is 11.8 Å². The Morgan fingerprint density at radius 3 is 2.85 bits per heavy atom. The Morgan fingerprint density at radius 2 is 2.11 bits per heavy atom. The van der Waals surface area contributed by atoms with Crippen molar-refractivity contribution in [3.05, 3.63) is 48.5 Å². The van der Waals surface area contributed by atoms with Gasteiger partial charge in [0.2, 0.25) is 11.8 Å². The highest BCUT2D eigenvalue weighted by molar-refractivity contribution is 5.84. The van der Waals surface area contributed by atoms with Gasteiger partial charge in [0.15, 0.2) is 0 Å². The summed E-state index contributed by atoms with van der Waals surface area (Å²) in [5, 5.41) is 3.59. The summed E-state index contributed by atoms with van der Waals surface area (Å²) >= 11 is 0. The highest BCUT2D eigenvalue weighted by Gasteiger charge is 2.24. The van der Waals surface area contributed by atoms with Crippen LogP contribution in [-0.2, 0) is 16.1 Å². The van der Waals surface area contributed by atoms with Gasteiger partial charge in [0.05, 0.1) is 18.6 Å². The van der Waals surface area contributed by atoms with Crippen LogP contribution in [0.1, 0.15) is 24.8 Å². The van der Waals surface area contributed by atoms with E-state index in [1.165, 1.54) is 10.5 Å². The molecule has 0 radical (unpaired) electrons. The van der Waals surface area contributed by atoms with Gasteiger partial charge in [-0.15, -0.1) is 0 Å². The third-order valence-corrected chi connectivity index (χ3v) is 4.99. The fourth-order valence-electron chi connectivity index (χ4n) is 3.28. The SMILES string of the molecule is CN(C)C(=O)CN1CCC(NCc2ccccc2-n2ccnc2)CCC1=O. The molecule has 0 bridgehead atoms. The van der Waals surface area contributed by atoms with Crippen molar-refractivity contribution in [3.8, 4) is 5.69 Å². The lowest BCUT2D eigenvalue weighted by molar-refractivity contribution is -0.138. The van der Waals surface area contributed by atoms with Crippen LogP contribution in [0.25, 0.3) is 5.69 Å². The molecule has 2 amide bonds. The second-order valence-corrected chi connectivity index (χ2v) is 7.11. The molecule has 144 valence electrons. The second kappa shape index (κ2) is 8.81. The van der Waals surface area contributed by atoms with Crippen molar-refractivity contribution in [2.24, 2.45) is 0 Å². The normalized spacial score (nSPS) is 17.6. The van der Waals surface area contributed by atoms with E-state index in [4.69, 9.17) is 0 Å². The Morgan fingerprint density at radius 1 is 1.30 bits per heavy atom. The lowest BCUT2D eigenvalue weighted by Crippen LogP contribution is -2.40. The average molecular weight is 369 g/mol. The number of likely N-dealkylation sites (tertiary alicyclic amines) is 1. The molecule has 1 fully saturated rings. The topological polar surface area (TPSA) is 70.5 Å². The molecule has 0 saturated carbocycles. The number of amides is 2. The number of carbonyl (C=O) groups excluding carboxylic acids is 2. The molecule has 1 aromatic carbocycles.